The molecular weight excluding hydrogens is 206 g/mol. The van der Waals surface area contributed by atoms with Gasteiger partial charge < -0.3 is 5.32 Å². The number of benzene rings is 1. The molecule has 2 heterocycles. The molecular formula is C12H9NOS. The van der Waals surface area contributed by atoms with Crippen LogP contribution in [0.4, 0.5) is 5.69 Å². The Morgan fingerprint density at radius 2 is 2.00 bits per heavy atom. The topological polar surface area (TPSA) is 29.1 Å². The van der Waals surface area contributed by atoms with Crippen LogP contribution >= 0.6 is 11.3 Å². The molecule has 3 rings (SSSR count). The first kappa shape index (κ1) is 8.68. The van der Waals surface area contributed by atoms with Gasteiger partial charge in [-0.3, -0.25) is 4.79 Å². The molecule has 2 aromatic rings. The molecule has 74 valence electrons. The third-order valence-electron chi connectivity index (χ3n) is 2.62. The predicted molar refractivity (Wildman–Crippen MR) is 61.2 cm³/mol. The maximum absolute atomic E-state index is 11.8. The molecule has 1 atom stereocenters. The zero-order valence-corrected chi connectivity index (χ0v) is 8.75. The zero-order valence-electron chi connectivity index (χ0n) is 7.94. The molecule has 2 nitrogen and oxygen atoms in total. The van der Waals surface area contributed by atoms with E-state index >= 15 is 0 Å². The number of rotatable bonds is 1. The number of amides is 1. The van der Waals surface area contributed by atoms with E-state index in [0.29, 0.717) is 0 Å². The lowest BCUT2D eigenvalue weighted by atomic mass is 9.99. The molecule has 0 saturated carbocycles. The zero-order chi connectivity index (χ0) is 10.3. The van der Waals surface area contributed by atoms with Gasteiger partial charge in [-0.05, 0) is 23.1 Å². The highest BCUT2D eigenvalue weighted by Gasteiger charge is 2.31. The van der Waals surface area contributed by atoms with Gasteiger partial charge in [0, 0.05) is 10.6 Å². The Morgan fingerprint density at radius 3 is 2.80 bits per heavy atom. The van der Waals surface area contributed by atoms with Crippen molar-refractivity contribution >= 4 is 22.9 Å². The summed E-state index contributed by atoms with van der Waals surface area (Å²) >= 11 is 1.63. The molecule has 0 spiro atoms. The molecule has 1 aliphatic heterocycles. The highest BCUT2D eigenvalue weighted by atomic mass is 32.1. The van der Waals surface area contributed by atoms with Gasteiger partial charge in [-0.1, -0.05) is 24.3 Å². The first-order chi connectivity index (χ1) is 7.36. The lowest BCUT2D eigenvalue weighted by Crippen LogP contribution is -2.11. The largest absolute Gasteiger partial charge is 0.325 e. The number of thiophene rings is 1. The minimum atomic E-state index is -0.110. The number of hydrogen-bond acceptors (Lipinski definition) is 2. The van der Waals surface area contributed by atoms with Gasteiger partial charge in [0.15, 0.2) is 0 Å². The average Bonchev–Trinajstić information content (AvgIpc) is 2.82. The average molecular weight is 215 g/mol. The summed E-state index contributed by atoms with van der Waals surface area (Å²) in [5.41, 5.74) is 2.03. The van der Waals surface area contributed by atoms with Crippen LogP contribution in [0.15, 0.2) is 41.8 Å². The second kappa shape index (κ2) is 3.21. The SMILES string of the molecule is O=C1Nc2ccccc2[C@@H]1c1cccs1. The van der Waals surface area contributed by atoms with Gasteiger partial charge in [-0.15, -0.1) is 11.3 Å². The van der Waals surface area contributed by atoms with Crippen molar-refractivity contribution in [3.05, 3.63) is 52.2 Å². The molecule has 0 unspecified atom stereocenters. The van der Waals surface area contributed by atoms with Crippen LogP contribution in [0.1, 0.15) is 16.4 Å². The summed E-state index contributed by atoms with van der Waals surface area (Å²) in [6, 6.07) is 11.9. The van der Waals surface area contributed by atoms with Crippen molar-refractivity contribution in [2.75, 3.05) is 5.32 Å². The Bertz CT molecular complexity index is 504. The van der Waals surface area contributed by atoms with E-state index in [1.54, 1.807) is 11.3 Å². The van der Waals surface area contributed by atoms with Crippen molar-refractivity contribution in [3.8, 4) is 0 Å². The Labute approximate surface area is 91.6 Å². The monoisotopic (exact) mass is 215 g/mol. The van der Waals surface area contributed by atoms with Crippen LogP contribution in [-0.2, 0) is 4.79 Å². The molecule has 3 heteroatoms. The van der Waals surface area contributed by atoms with E-state index in [0.717, 1.165) is 16.1 Å². The molecule has 1 aromatic heterocycles. The molecule has 1 amide bonds. The first-order valence-electron chi connectivity index (χ1n) is 4.79. The van der Waals surface area contributed by atoms with E-state index in [1.807, 2.05) is 41.8 Å². The fraction of sp³-hybridized carbons (Fsp3) is 0.0833. The highest BCUT2D eigenvalue weighted by Crippen LogP contribution is 2.38. The van der Waals surface area contributed by atoms with E-state index in [2.05, 4.69) is 5.32 Å². The number of nitrogens with one attached hydrogen (secondary N) is 1. The van der Waals surface area contributed by atoms with E-state index in [1.165, 1.54) is 0 Å². The molecule has 0 fully saturated rings. The standard InChI is InChI=1S/C12H9NOS/c14-12-11(10-6-3-7-15-10)8-4-1-2-5-9(8)13-12/h1-7,11H,(H,13,14)/t11-/m1/s1. The van der Waals surface area contributed by atoms with Crippen molar-refractivity contribution in [1.29, 1.82) is 0 Å². The minimum Gasteiger partial charge on any atom is -0.325 e. The summed E-state index contributed by atoms with van der Waals surface area (Å²) in [5, 5.41) is 4.91. The lowest BCUT2D eigenvalue weighted by molar-refractivity contribution is -0.116. The van der Waals surface area contributed by atoms with Crippen LogP contribution in [0.2, 0.25) is 0 Å². The van der Waals surface area contributed by atoms with E-state index < -0.39 is 0 Å². The Morgan fingerprint density at radius 1 is 1.13 bits per heavy atom. The molecule has 0 aliphatic carbocycles. The fourth-order valence-electron chi connectivity index (χ4n) is 1.95. The van der Waals surface area contributed by atoms with E-state index in [4.69, 9.17) is 0 Å². The molecule has 1 aromatic carbocycles. The summed E-state index contributed by atoms with van der Waals surface area (Å²) in [6.45, 7) is 0. The van der Waals surface area contributed by atoms with Crippen molar-refractivity contribution in [2.24, 2.45) is 0 Å². The third kappa shape index (κ3) is 1.27. The fourth-order valence-corrected chi connectivity index (χ4v) is 2.79. The van der Waals surface area contributed by atoms with Crippen molar-refractivity contribution in [2.45, 2.75) is 5.92 Å². The molecule has 0 radical (unpaired) electrons. The van der Waals surface area contributed by atoms with Gasteiger partial charge in [0.1, 0.15) is 0 Å². The number of carbonyl (C=O) groups excluding carboxylic acids is 1. The number of anilines is 1. The smallest absolute Gasteiger partial charge is 0.237 e. The highest BCUT2D eigenvalue weighted by molar-refractivity contribution is 7.10. The van der Waals surface area contributed by atoms with Gasteiger partial charge in [0.05, 0.1) is 5.92 Å². The molecule has 0 saturated heterocycles. The summed E-state index contributed by atoms with van der Waals surface area (Å²) in [7, 11) is 0. The van der Waals surface area contributed by atoms with Crippen LogP contribution < -0.4 is 5.32 Å². The number of hydrogen-bond donors (Lipinski definition) is 1. The predicted octanol–water partition coefficient (Wildman–Crippen LogP) is 2.83. The summed E-state index contributed by atoms with van der Waals surface area (Å²) < 4.78 is 0. The van der Waals surface area contributed by atoms with Crippen LogP contribution in [0, 0.1) is 0 Å². The first-order valence-corrected chi connectivity index (χ1v) is 5.67. The van der Waals surface area contributed by atoms with E-state index in [9.17, 15) is 4.79 Å². The van der Waals surface area contributed by atoms with Gasteiger partial charge in [0.2, 0.25) is 5.91 Å². The van der Waals surface area contributed by atoms with Gasteiger partial charge in [0.25, 0.3) is 0 Å². The number of para-hydroxylation sites is 1. The normalized spacial score (nSPS) is 18.7. The quantitative estimate of drug-likeness (QED) is 0.778. The molecule has 0 bridgehead atoms. The van der Waals surface area contributed by atoms with Gasteiger partial charge >= 0.3 is 0 Å². The van der Waals surface area contributed by atoms with E-state index in [-0.39, 0.29) is 11.8 Å². The van der Waals surface area contributed by atoms with Crippen LogP contribution in [-0.4, -0.2) is 5.91 Å². The maximum atomic E-state index is 11.8. The Hall–Kier alpha value is -1.61. The van der Waals surface area contributed by atoms with Crippen LogP contribution in [0.25, 0.3) is 0 Å². The van der Waals surface area contributed by atoms with Crippen LogP contribution in [0.3, 0.4) is 0 Å². The van der Waals surface area contributed by atoms with Crippen LogP contribution in [0.5, 0.6) is 0 Å². The van der Waals surface area contributed by atoms with Crippen molar-refractivity contribution < 1.29 is 4.79 Å². The summed E-state index contributed by atoms with van der Waals surface area (Å²) in [6.07, 6.45) is 0. The molecule has 1 aliphatic rings. The Balaban J connectivity index is 2.14. The molecule has 15 heavy (non-hydrogen) atoms. The van der Waals surface area contributed by atoms with Crippen molar-refractivity contribution in [3.63, 3.8) is 0 Å². The van der Waals surface area contributed by atoms with Gasteiger partial charge in [-0.2, -0.15) is 0 Å². The summed E-state index contributed by atoms with van der Waals surface area (Å²) in [4.78, 5) is 12.9. The minimum absolute atomic E-state index is 0.0821. The maximum Gasteiger partial charge on any atom is 0.237 e. The second-order valence-corrected chi connectivity index (χ2v) is 4.50. The molecule has 1 N–H and O–H groups in total. The third-order valence-corrected chi connectivity index (χ3v) is 3.56. The number of fused-ring (bicyclic) bond motifs is 1. The lowest BCUT2D eigenvalue weighted by Gasteiger charge is -2.04. The second-order valence-electron chi connectivity index (χ2n) is 3.52. The Kier molecular flexibility index (Phi) is 1.86. The number of carbonyl (C=O) groups is 1. The van der Waals surface area contributed by atoms with Crippen molar-refractivity contribution in [1.82, 2.24) is 0 Å². The summed E-state index contributed by atoms with van der Waals surface area (Å²) in [5.74, 6) is -0.0279. The van der Waals surface area contributed by atoms with Gasteiger partial charge in [-0.25, -0.2) is 0 Å².